The Morgan fingerprint density at radius 1 is 1.00 bits per heavy atom. The number of rotatable bonds is 4. The Labute approximate surface area is 205 Å². The number of carbonyl (C=O) groups excluding carboxylic acids is 2. The molecule has 0 aromatic heterocycles. The van der Waals surface area contributed by atoms with Crippen LogP contribution in [0.3, 0.4) is 0 Å². The fraction of sp³-hybridized carbons (Fsp3) is 0.667. The summed E-state index contributed by atoms with van der Waals surface area (Å²) in [5, 5.41) is 2.95. The monoisotopic (exact) mass is 462 g/mol. The fourth-order valence-electron chi connectivity index (χ4n) is 8.88. The Morgan fingerprint density at radius 2 is 1.71 bits per heavy atom. The summed E-state index contributed by atoms with van der Waals surface area (Å²) in [6, 6.07) is 9.82. The van der Waals surface area contributed by atoms with Crippen molar-refractivity contribution in [2.75, 3.05) is 14.1 Å². The molecule has 3 saturated carbocycles. The maximum Gasteiger partial charge on any atom is 0.255 e. The molecule has 0 radical (unpaired) electrons. The maximum absolute atomic E-state index is 13.6. The Bertz CT molecular complexity index is 985. The zero-order valence-corrected chi connectivity index (χ0v) is 21.6. The van der Waals surface area contributed by atoms with Gasteiger partial charge in [-0.05, 0) is 113 Å². The molecule has 5 rings (SSSR count). The Morgan fingerprint density at radius 3 is 2.41 bits per heavy atom. The number of carbonyl (C=O) groups is 2. The summed E-state index contributed by atoms with van der Waals surface area (Å²) in [6.45, 7) is 7.39. The van der Waals surface area contributed by atoms with Gasteiger partial charge in [-0.15, -0.1) is 0 Å². The van der Waals surface area contributed by atoms with Gasteiger partial charge in [0.1, 0.15) is 0 Å². The minimum atomic E-state index is -0.182. The van der Waals surface area contributed by atoms with E-state index in [-0.39, 0.29) is 23.0 Å². The molecule has 0 bridgehead atoms. The third-order valence-electron chi connectivity index (χ3n) is 11.0. The molecular formula is C30H42N2O2. The smallest absolute Gasteiger partial charge is 0.255 e. The van der Waals surface area contributed by atoms with Gasteiger partial charge in [-0.1, -0.05) is 38.1 Å². The highest BCUT2D eigenvalue weighted by molar-refractivity contribution is 6.05. The largest absolute Gasteiger partial charge is 0.319 e. The lowest BCUT2D eigenvalue weighted by atomic mass is 9.45. The van der Waals surface area contributed by atoms with Crippen LogP contribution in [-0.2, 0) is 4.79 Å². The number of nitrogens with zero attached hydrogens (tertiary/aromatic N) is 1. The van der Waals surface area contributed by atoms with Crippen molar-refractivity contribution in [3.63, 3.8) is 0 Å². The summed E-state index contributed by atoms with van der Waals surface area (Å²) in [4.78, 5) is 28.8. The van der Waals surface area contributed by atoms with Crippen molar-refractivity contribution in [1.82, 2.24) is 10.2 Å². The second-order valence-corrected chi connectivity index (χ2v) is 12.5. The van der Waals surface area contributed by atoms with Crippen molar-refractivity contribution in [1.29, 1.82) is 0 Å². The third-order valence-corrected chi connectivity index (χ3v) is 11.0. The molecule has 0 spiro atoms. The molecule has 1 N–H and O–H groups in total. The van der Waals surface area contributed by atoms with Gasteiger partial charge < -0.3 is 10.2 Å². The first-order valence-electron chi connectivity index (χ1n) is 13.4. The highest BCUT2D eigenvalue weighted by atomic mass is 16.2. The molecule has 1 aromatic carbocycles. The molecule has 4 aliphatic rings. The number of nitrogens with one attached hydrogen (secondary N) is 1. The van der Waals surface area contributed by atoms with E-state index < -0.39 is 0 Å². The lowest BCUT2D eigenvalue weighted by molar-refractivity contribution is -0.140. The van der Waals surface area contributed by atoms with E-state index in [2.05, 4.69) is 45.1 Å². The summed E-state index contributed by atoms with van der Waals surface area (Å²) in [5.41, 5.74) is 1.57. The lowest BCUT2D eigenvalue weighted by Crippen LogP contribution is -2.56. The van der Waals surface area contributed by atoms with Gasteiger partial charge in [-0.2, -0.15) is 0 Å². The molecule has 184 valence electrons. The molecule has 1 amide bonds. The van der Waals surface area contributed by atoms with Gasteiger partial charge in [0, 0.05) is 17.5 Å². The van der Waals surface area contributed by atoms with Gasteiger partial charge in [0.05, 0.1) is 5.70 Å². The number of hydrogen-bond acceptors (Lipinski definition) is 3. The molecule has 3 fully saturated rings. The van der Waals surface area contributed by atoms with E-state index in [9.17, 15) is 9.59 Å². The molecule has 4 heteroatoms. The summed E-state index contributed by atoms with van der Waals surface area (Å²) >= 11 is 0. The second kappa shape index (κ2) is 8.62. The average molecular weight is 463 g/mol. The van der Waals surface area contributed by atoms with Crippen molar-refractivity contribution in [3.05, 3.63) is 47.7 Å². The molecule has 0 heterocycles. The summed E-state index contributed by atoms with van der Waals surface area (Å²) in [6.07, 6.45) is 10.3. The highest BCUT2D eigenvalue weighted by Crippen LogP contribution is 2.67. The van der Waals surface area contributed by atoms with E-state index in [1.807, 2.05) is 24.3 Å². The van der Waals surface area contributed by atoms with Crippen molar-refractivity contribution < 1.29 is 9.59 Å². The average Bonchev–Trinajstić information content (AvgIpc) is 3.18. The van der Waals surface area contributed by atoms with Crippen LogP contribution in [0.2, 0.25) is 0 Å². The molecule has 4 nitrogen and oxygen atoms in total. The predicted molar refractivity (Wildman–Crippen MR) is 136 cm³/mol. The first-order chi connectivity index (χ1) is 16.2. The molecule has 1 aromatic rings. The van der Waals surface area contributed by atoms with Crippen molar-refractivity contribution in [2.45, 2.75) is 71.8 Å². The number of hydrogen-bond donors (Lipinski definition) is 1. The maximum atomic E-state index is 13.6. The molecule has 3 unspecified atom stereocenters. The normalized spacial score (nSPS) is 40.1. The quantitative estimate of drug-likeness (QED) is 0.625. The number of benzene rings is 1. The standard InChI is InChI=1S/C30H42N2O2/c1-19(32(4)5)22-13-14-23-21-11-12-25-27(33)26(31-28(34)20-9-7-6-8-10-20)16-18-30(25,3)24(21)15-17-29(22,23)2/h6-10,16,19,21-25H,11-15,17-18H2,1-5H3,(H,31,34)/t19-,21?,22+,23?,24?,25-,29+,30+/m0/s1. The van der Waals surface area contributed by atoms with E-state index >= 15 is 0 Å². The van der Waals surface area contributed by atoms with E-state index in [1.165, 1.54) is 32.1 Å². The Kier molecular flexibility index (Phi) is 6.03. The van der Waals surface area contributed by atoms with Crippen LogP contribution < -0.4 is 5.32 Å². The third kappa shape index (κ3) is 3.59. The fourth-order valence-corrected chi connectivity index (χ4v) is 8.88. The van der Waals surface area contributed by atoms with Gasteiger partial charge >= 0.3 is 0 Å². The van der Waals surface area contributed by atoms with Crippen LogP contribution in [0.15, 0.2) is 42.1 Å². The zero-order chi connectivity index (χ0) is 24.3. The van der Waals surface area contributed by atoms with Crippen molar-refractivity contribution >= 4 is 11.7 Å². The van der Waals surface area contributed by atoms with Gasteiger partial charge in [-0.3, -0.25) is 9.59 Å². The van der Waals surface area contributed by atoms with Crippen LogP contribution in [0.1, 0.15) is 76.1 Å². The van der Waals surface area contributed by atoms with Crippen LogP contribution in [0.25, 0.3) is 0 Å². The second-order valence-electron chi connectivity index (χ2n) is 12.5. The summed E-state index contributed by atoms with van der Waals surface area (Å²) in [5.74, 6) is 2.92. The molecule has 8 atom stereocenters. The molecule has 4 aliphatic carbocycles. The van der Waals surface area contributed by atoms with E-state index in [1.54, 1.807) is 12.1 Å². The Balaban J connectivity index is 1.35. The van der Waals surface area contributed by atoms with Crippen molar-refractivity contribution in [3.8, 4) is 0 Å². The Hall–Kier alpha value is -1.94. The van der Waals surface area contributed by atoms with Crippen molar-refractivity contribution in [2.24, 2.45) is 40.4 Å². The van der Waals surface area contributed by atoms with Crippen LogP contribution >= 0.6 is 0 Å². The molecular weight excluding hydrogens is 420 g/mol. The minimum Gasteiger partial charge on any atom is -0.319 e. The van der Waals surface area contributed by atoms with Crippen LogP contribution in [-0.4, -0.2) is 36.7 Å². The van der Waals surface area contributed by atoms with E-state index in [0.29, 0.717) is 28.6 Å². The summed E-state index contributed by atoms with van der Waals surface area (Å²) in [7, 11) is 4.46. The van der Waals surface area contributed by atoms with Crippen LogP contribution in [0.5, 0.6) is 0 Å². The van der Waals surface area contributed by atoms with Gasteiger partial charge in [0.15, 0.2) is 5.78 Å². The molecule has 0 aliphatic heterocycles. The van der Waals surface area contributed by atoms with Gasteiger partial charge in [0.2, 0.25) is 0 Å². The predicted octanol–water partition coefficient (Wildman–Crippen LogP) is 5.70. The summed E-state index contributed by atoms with van der Waals surface area (Å²) < 4.78 is 0. The topological polar surface area (TPSA) is 49.4 Å². The van der Waals surface area contributed by atoms with E-state index in [0.717, 1.165) is 30.6 Å². The van der Waals surface area contributed by atoms with Gasteiger partial charge in [0.25, 0.3) is 5.91 Å². The van der Waals surface area contributed by atoms with E-state index in [4.69, 9.17) is 0 Å². The number of allylic oxidation sites excluding steroid dienone is 2. The first kappa shape index (κ1) is 23.8. The number of Topliss-reactive ketones (excluding diaryl/α,β-unsaturated/α-hetero) is 1. The first-order valence-corrected chi connectivity index (χ1v) is 13.4. The minimum absolute atomic E-state index is 0.0214. The van der Waals surface area contributed by atoms with Crippen LogP contribution in [0.4, 0.5) is 0 Å². The number of amides is 1. The highest BCUT2D eigenvalue weighted by Gasteiger charge is 2.61. The molecule has 0 saturated heterocycles. The zero-order valence-electron chi connectivity index (χ0n) is 21.6. The lowest BCUT2D eigenvalue weighted by Gasteiger charge is -2.60. The molecule has 34 heavy (non-hydrogen) atoms. The van der Waals surface area contributed by atoms with Gasteiger partial charge in [-0.25, -0.2) is 0 Å². The number of fused-ring (bicyclic) bond motifs is 5. The SMILES string of the molecule is C[C@@H]([C@H]1CCC2C3CC[C@H]4C(=O)C(NC(=O)c5ccccc5)=CC[C@]4(C)C3CC[C@@]21C)N(C)C. The number of ketones is 1. The van der Waals surface area contributed by atoms with Crippen LogP contribution in [0, 0.1) is 40.4 Å².